The molecule has 0 saturated carbocycles. The molecule has 1 saturated heterocycles. The molecule has 0 aliphatic carbocycles. The molecule has 32 heavy (non-hydrogen) atoms. The summed E-state index contributed by atoms with van der Waals surface area (Å²) < 4.78 is 71.3. The van der Waals surface area contributed by atoms with Crippen molar-refractivity contribution in [3.63, 3.8) is 0 Å². The first-order chi connectivity index (χ1) is 15.1. The molecule has 2 aromatic rings. The second-order valence-electron chi connectivity index (χ2n) is 7.48. The van der Waals surface area contributed by atoms with Crippen LogP contribution in [0.25, 0.3) is 0 Å². The van der Waals surface area contributed by atoms with Crippen LogP contribution in [0.3, 0.4) is 0 Å². The van der Waals surface area contributed by atoms with Crippen molar-refractivity contribution in [2.75, 3.05) is 25.0 Å². The number of amides is 1. The molecule has 0 radical (unpaired) electrons. The number of hydrogen-bond donors (Lipinski definition) is 1. The molecule has 3 rings (SSSR count). The Hall–Kier alpha value is -2.59. The van der Waals surface area contributed by atoms with Gasteiger partial charge in [0.2, 0.25) is 15.9 Å². The Labute approximate surface area is 185 Å². The van der Waals surface area contributed by atoms with Gasteiger partial charge in [-0.1, -0.05) is 18.6 Å². The summed E-state index contributed by atoms with van der Waals surface area (Å²) in [6.45, 7) is 2.89. The normalized spacial score (nSPS) is 15.4. The van der Waals surface area contributed by atoms with Gasteiger partial charge in [-0.05, 0) is 55.7 Å². The van der Waals surface area contributed by atoms with E-state index in [1.807, 2.05) is 0 Å². The molecule has 174 valence electrons. The number of carbonyl (C=O) groups excluding carboxylic acids is 1. The molecule has 1 aliphatic heterocycles. The third kappa shape index (κ3) is 5.80. The van der Waals surface area contributed by atoms with Crippen molar-refractivity contribution in [1.29, 1.82) is 0 Å². The maximum Gasteiger partial charge on any atom is 0.416 e. The van der Waals surface area contributed by atoms with E-state index in [0.717, 1.165) is 31.4 Å². The van der Waals surface area contributed by atoms with Crippen LogP contribution in [-0.2, 0) is 27.4 Å². The quantitative estimate of drug-likeness (QED) is 0.648. The van der Waals surface area contributed by atoms with E-state index in [9.17, 15) is 26.4 Å². The van der Waals surface area contributed by atoms with E-state index in [-0.39, 0.29) is 29.4 Å². The van der Waals surface area contributed by atoms with Crippen LogP contribution >= 0.6 is 0 Å². The first kappa shape index (κ1) is 24.1. The maximum atomic E-state index is 13.0. The second-order valence-corrected chi connectivity index (χ2v) is 9.41. The Morgan fingerprint density at radius 3 is 2.31 bits per heavy atom. The van der Waals surface area contributed by atoms with Crippen LogP contribution < -0.4 is 10.1 Å². The van der Waals surface area contributed by atoms with Gasteiger partial charge in [0.1, 0.15) is 5.75 Å². The molecule has 0 unspecified atom stereocenters. The summed E-state index contributed by atoms with van der Waals surface area (Å²) in [6.07, 6.45) is -2.02. The number of anilines is 1. The molecule has 6 nitrogen and oxygen atoms in total. The fourth-order valence-electron chi connectivity index (χ4n) is 3.50. The van der Waals surface area contributed by atoms with Crippen LogP contribution in [0, 0.1) is 0 Å². The number of ether oxygens (including phenoxy) is 1. The van der Waals surface area contributed by atoms with Crippen molar-refractivity contribution < 1.29 is 31.1 Å². The lowest BCUT2D eigenvalue weighted by molar-refractivity contribution is -0.137. The number of alkyl halides is 3. The highest BCUT2D eigenvalue weighted by Crippen LogP contribution is 2.35. The Kier molecular flexibility index (Phi) is 7.45. The zero-order valence-corrected chi connectivity index (χ0v) is 18.4. The number of halogens is 3. The summed E-state index contributed by atoms with van der Waals surface area (Å²) >= 11 is 0. The number of carbonyl (C=O) groups is 1. The van der Waals surface area contributed by atoms with Crippen LogP contribution in [0.5, 0.6) is 5.75 Å². The molecule has 1 amide bonds. The second kappa shape index (κ2) is 9.91. The number of nitrogens with zero attached hydrogens (tertiary/aromatic N) is 1. The molecular weight excluding hydrogens is 445 g/mol. The molecule has 1 fully saturated rings. The lowest BCUT2D eigenvalue weighted by atomic mass is 10.1. The lowest BCUT2D eigenvalue weighted by Crippen LogP contribution is -2.35. The monoisotopic (exact) mass is 470 g/mol. The molecule has 0 aromatic heterocycles. The van der Waals surface area contributed by atoms with Gasteiger partial charge in [-0.2, -0.15) is 17.5 Å². The molecule has 0 spiro atoms. The summed E-state index contributed by atoms with van der Waals surface area (Å²) in [5.41, 5.74) is -0.440. The summed E-state index contributed by atoms with van der Waals surface area (Å²) in [7, 11) is -3.58. The summed E-state index contributed by atoms with van der Waals surface area (Å²) in [6, 6.07) is 8.85. The van der Waals surface area contributed by atoms with Gasteiger partial charge in [-0.15, -0.1) is 0 Å². The Balaban J connectivity index is 1.71. The predicted octanol–water partition coefficient (Wildman–Crippen LogP) is 4.46. The van der Waals surface area contributed by atoms with Crippen molar-refractivity contribution in [3.05, 3.63) is 53.6 Å². The smallest absolute Gasteiger partial charge is 0.416 e. The van der Waals surface area contributed by atoms with E-state index < -0.39 is 27.7 Å². The number of benzene rings is 2. The van der Waals surface area contributed by atoms with Gasteiger partial charge in [0.15, 0.2) is 0 Å². The van der Waals surface area contributed by atoms with Crippen LogP contribution in [0.1, 0.15) is 37.3 Å². The van der Waals surface area contributed by atoms with E-state index in [0.29, 0.717) is 18.7 Å². The van der Waals surface area contributed by atoms with Crippen LogP contribution in [0.15, 0.2) is 47.4 Å². The number of piperidine rings is 1. The Morgan fingerprint density at radius 2 is 1.72 bits per heavy atom. The van der Waals surface area contributed by atoms with Crippen LogP contribution in [0.4, 0.5) is 18.9 Å². The molecule has 2 aromatic carbocycles. The highest BCUT2D eigenvalue weighted by Gasteiger charge is 2.31. The van der Waals surface area contributed by atoms with E-state index in [2.05, 4.69) is 5.32 Å². The summed E-state index contributed by atoms with van der Waals surface area (Å²) in [4.78, 5) is 12.6. The predicted molar refractivity (Wildman–Crippen MR) is 114 cm³/mol. The molecular formula is C22H25F3N2O4S. The number of hydrogen-bond acceptors (Lipinski definition) is 4. The third-order valence-corrected chi connectivity index (χ3v) is 7.03. The molecule has 10 heteroatoms. The third-order valence-electron chi connectivity index (χ3n) is 5.12. The molecule has 0 bridgehead atoms. The van der Waals surface area contributed by atoms with Crippen LogP contribution in [-0.4, -0.2) is 38.3 Å². The van der Waals surface area contributed by atoms with Gasteiger partial charge in [0, 0.05) is 13.1 Å². The van der Waals surface area contributed by atoms with Crippen molar-refractivity contribution in [2.45, 2.75) is 43.7 Å². The fourth-order valence-corrected chi connectivity index (χ4v) is 5.02. The summed E-state index contributed by atoms with van der Waals surface area (Å²) in [5.74, 6) is -0.409. The molecule has 1 aliphatic rings. The topological polar surface area (TPSA) is 75.7 Å². The van der Waals surface area contributed by atoms with Crippen molar-refractivity contribution in [3.8, 4) is 5.75 Å². The lowest BCUT2D eigenvalue weighted by Gasteiger charge is -2.25. The molecule has 0 atom stereocenters. The van der Waals surface area contributed by atoms with Gasteiger partial charge in [-0.3, -0.25) is 4.79 Å². The van der Waals surface area contributed by atoms with Gasteiger partial charge >= 0.3 is 6.18 Å². The van der Waals surface area contributed by atoms with E-state index in [4.69, 9.17) is 4.74 Å². The minimum atomic E-state index is -4.56. The first-order valence-corrected chi connectivity index (χ1v) is 11.8. The highest BCUT2D eigenvalue weighted by molar-refractivity contribution is 7.89. The van der Waals surface area contributed by atoms with Gasteiger partial charge in [0.05, 0.1) is 29.2 Å². The van der Waals surface area contributed by atoms with E-state index >= 15 is 0 Å². The zero-order chi connectivity index (χ0) is 23.4. The van der Waals surface area contributed by atoms with Gasteiger partial charge in [0.25, 0.3) is 0 Å². The van der Waals surface area contributed by atoms with E-state index in [1.54, 1.807) is 6.92 Å². The van der Waals surface area contributed by atoms with Crippen molar-refractivity contribution >= 4 is 21.6 Å². The first-order valence-electron chi connectivity index (χ1n) is 10.3. The number of sulfonamides is 1. The standard InChI is InChI=1S/C22H25F3N2O4S/c1-2-31-20-11-8-17(22(23,24)25)15-19(20)26-21(28)14-16-6-9-18(10-7-16)32(29,30)27-12-4-3-5-13-27/h6-11,15H,2-5,12-14H2,1H3,(H,26,28). The van der Waals surface area contributed by atoms with Gasteiger partial charge < -0.3 is 10.1 Å². The van der Waals surface area contributed by atoms with Crippen molar-refractivity contribution in [2.24, 2.45) is 0 Å². The maximum absolute atomic E-state index is 13.0. The largest absolute Gasteiger partial charge is 0.492 e. The highest BCUT2D eigenvalue weighted by atomic mass is 32.2. The average Bonchev–Trinajstić information content (AvgIpc) is 2.75. The fraction of sp³-hybridized carbons (Fsp3) is 0.409. The molecule has 1 heterocycles. The number of nitrogens with one attached hydrogen (secondary N) is 1. The average molecular weight is 471 g/mol. The number of rotatable bonds is 7. The minimum absolute atomic E-state index is 0.0732. The zero-order valence-electron chi connectivity index (χ0n) is 17.6. The van der Waals surface area contributed by atoms with Gasteiger partial charge in [-0.25, -0.2) is 8.42 Å². The van der Waals surface area contributed by atoms with Crippen LogP contribution in [0.2, 0.25) is 0 Å². The summed E-state index contributed by atoms with van der Waals surface area (Å²) in [5, 5.41) is 2.46. The minimum Gasteiger partial charge on any atom is -0.492 e. The molecule has 1 N–H and O–H groups in total. The Morgan fingerprint density at radius 1 is 1.06 bits per heavy atom. The Bertz CT molecular complexity index is 1050. The van der Waals surface area contributed by atoms with Crippen molar-refractivity contribution in [1.82, 2.24) is 4.31 Å². The van der Waals surface area contributed by atoms with E-state index in [1.165, 1.54) is 34.6 Å². The SMILES string of the molecule is CCOc1ccc(C(F)(F)F)cc1NC(=O)Cc1ccc(S(=O)(=O)N2CCCCC2)cc1.